The second-order valence-electron chi connectivity index (χ2n) is 10.3. The van der Waals surface area contributed by atoms with E-state index in [4.69, 9.17) is 4.74 Å². The molecule has 0 radical (unpaired) electrons. The van der Waals surface area contributed by atoms with Crippen LogP contribution >= 0.6 is 0 Å². The fourth-order valence-corrected chi connectivity index (χ4v) is 5.58. The Labute approximate surface area is 235 Å². The minimum Gasteiger partial charge on any atom is -0.497 e. The summed E-state index contributed by atoms with van der Waals surface area (Å²) in [4.78, 5) is 28.6. The minimum absolute atomic E-state index is 0.0717. The maximum Gasteiger partial charge on any atom is 0.264 e. The van der Waals surface area contributed by atoms with E-state index in [0.29, 0.717) is 12.2 Å². The largest absolute Gasteiger partial charge is 0.497 e. The average molecular weight is 570 g/mol. The van der Waals surface area contributed by atoms with Crippen LogP contribution in [-0.2, 0) is 26.2 Å². The molecule has 40 heavy (non-hydrogen) atoms. The van der Waals surface area contributed by atoms with Crippen molar-refractivity contribution >= 4 is 27.5 Å². The Bertz CT molecular complexity index is 1390. The second kappa shape index (κ2) is 13.0. The van der Waals surface area contributed by atoms with E-state index in [1.54, 1.807) is 6.92 Å². The van der Waals surface area contributed by atoms with Gasteiger partial charge in [-0.05, 0) is 81.3 Å². The summed E-state index contributed by atoms with van der Waals surface area (Å²) >= 11 is 0. The lowest BCUT2D eigenvalue weighted by molar-refractivity contribution is -0.141. The number of halogens is 1. The maximum absolute atomic E-state index is 14.0. The third-order valence-corrected chi connectivity index (χ3v) is 7.91. The molecule has 0 aliphatic carbocycles. The van der Waals surface area contributed by atoms with Crippen molar-refractivity contribution < 1.29 is 27.1 Å². The zero-order valence-corrected chi connectivity index (χ0v) is 24.2. The highest BCUT2D eigenvalue weighted by Crippen LogP contribution is 2.26. The number of amides is 2. The topological polar surface area (TPSA) is 96.0 Å². The number of benzene rings is 3. The van der Waals surface area contributed by atoms with E-state index in [2.05, 4.69) is 5.32 Å². The molecule has 0 bridgehead atoms. The van der Waals surface area contributed by atoms with Crippen LogP contribution in [0.4, 0.5) is 10.1 Å². The molecule has 0 unspecified atom stereocenters. The smallest absolute Gasteiger partial charge is 0.264 e. The summed E-state index contributed by atoms with van der Waals surface area (Å²) in [6.07, 6.45) is 0.308. The lowest BCUT2D eigenvalue weighted by Gasteiger charge is -2.34. The highest BCUT2D eigenvalue weighted by Gasteiger charge is 2.34. The maximum atomic E-state index is 14.0. The van der Waals surface area contributed by atoms with Crippen molar-refractivity contribution in [2.75, 3.05) is 18.0 Å². The van der Waals surface area contributed by atoms with Crippen LogP contribution in [0.5, 0.6) is 5.75 Å². The van der Waals surface area contributed by atoms with Gasteiger partial charge in [0.25, 0.3) is 10.0 Å². The number of nitrogens with one attached hydrogen (secondary N) is 1. The number of sulfonamides is 1. The van der Waals surface area contributed by atoms with Crippen LogP contribution in [0.15, 0.2) is 83.8 Å². The highest BCUT2D eigenvalue weighted by atomic mass is 32.2. The molecule has 1 N–H and O–H groups in total. The number of hydrogen-bond acceptors (Lipinski definition) is 5. The Balaban J connectivity index is 2.05. The predicted octanol–water partition coefficient (Wildman–Crippen LogP) is 4.75. The van der Waals surface area contributed by atoms with Crippen molar-refractivity contribution in [2.24, 2.45) is 0 Å². The first-order chi connectivity index (χ1) is 18.9. The number of anilines is 1. The van der Waals surface area contributed by atoms with Crippen molar-refractivity contribution in [1.29, 1.82) is 0 Å². The molecule has 1 atom stereocenters. The molecule has 0 aliphatic heterocycles. The summed E-state index contributed by atoms with van der Waals surface area (Å²) in [6, 6.07) is 18.9. The first-order valence-electron chi connectivity index (χ1n) is 12.9. The van der Waals surface area contributed by atoms with Crippen LogP contribution in [0.25, 0.3) is 0 Å². The van der Waals surface area contributed by atoms with Crippen molar-refractivity contribution in [3.8, 4) is 5.75 Å². The van der Waals surface area contributed by atoms with E-state index in [9.17, 15) is 22.4 Å². The van der Waals surface area contributed by atoms with Gasteiger partial charge in [-0.2, -0.15) is 0 Å². The molecule has 8 nitrogen and oxygen atoms in total. The molecule has 3 rings (SSSR count). The van der Waals surface area contributed by atoms with Gasteiger partial charge < -0.3 is 15.0 Å². The van der Waals surface area contributed by atoms with E-state index in [0.717, 1.165) is 22.0 Å². The molecular formula is C30H36FN3O5S. The third-order valence-electron chi connectivity index (χ3n) is 6.12. The lowest BCUT2D eigenvalue weighted by Crippen LogP contribution is -2.55. The minimum atomic E-state index is -4.27. The first kappa shape index (κ1) is 30.6. The SMILES string of the molecule is CC[C@@H](C(=O)NC(C)(C)C)N(Cc1ccccc1)C(=O)CN(c1ccc(F)cc1)S(=O)(=O)c1ccc(OC)cc1. The summed E-state index contributed by atoms with van der Waals surface area (Å²) in [5.41, 5.74) is 0.353. The van der Waals surface area contributed by atoms with Crippen molar-refractivity contribution in [1.82, 2.24) is 10.2 Å². The number of carbonyl (C=O) groups is 2. The van der Waals surface area contributed by atoms with Gasteiger partial charge in [0.15, 0.2) is 0 Å². The fraction of sp³-hybridized carbons (Fsp3) is 0.333. The molecule has 3 aromatic rings. The van der Waals surface area contributed by atoms with Gasteiger partial charge in [-0.1, -0.05) is 37.3 Å². The molecule has 0 saturated heterocycles. The van der Waals surface area contributed by atoms with Gasteiger partial charge in [-0.25, -0.2) is 12.8 Å². The quantitative estimate of drug-likeness (QED) is 0.360. The zero-order valence-electron chi connectivity index (χ0n) is 23.4. The number of nitrogens with zero attached hydrogens (tertiary/aromatic N) is 2. The van der Waals surface area contributed by atoms with Crippen LogP contribution < -0.4 is 14.4 Å². The number of ether oxygens (including phenoxy) is 1. The molecule has 0 aromatic heterocycles. The Morgan fingerprint density at radius 1 is 0.950 bits per heavy atom. The summed E-state index contributed by atoms with van der Waals surface area (Å²) in [5.74, 6) is -1.01. The molecule has 10 heteroatoms. The highest BCUT2D eigenvalue weighted by molar-refractivity contribution is 7.92. The molecular weight excluding hydrogens is 533 g/mol. The third kappa shape index (κ3) is 7.81. The van der Waals surface area contributed by atoms with Crippen LogP contribution in [0.2, 0.25) is 0 Å². The van der Waals surface area contributed by atoms with Crippen LogP contribution in [-0.4, -0.2) is 50.4 Å². The Hall–Kier alpha value is -3.92. The van der Waals surface area contributed by atoms with E-state index in [1.165, 1.54) is 48.4 Å². The van der Waals surface area contributed by atoms with E-state index >= 15 is 0 Å². The summed E-state index contributed by atoms with van der Waals surface area (Å²) in [6.45, 7) is 6.82. The normalized spacial score (nSPS) is 12.3. The number of rotatable bonds is 11. The monoisotopic (exact) mass is 569 g/mol. The van der Waals surface area contributed by atoms with Crippen LogP contribution in [0.3, 0.4) is 0 Å². The summed E-state index contributed by atoms with van der Waals surface area (Å²) in [5, 5.41) is 2.93. The number of carbonyl (C=O) groups excluding carboxylic acids is 2. The molecule has 0 fully saturated rings. The van der Waals surface area contributed by atoms with Crippen LogP contribution in [0, 0.1) is 5.82 Å². The first-order valence-corrected chi connectivity index (χ1v) is 14.4. The second-order valence-corrected chi connectivity index (χ2v) is 12.2. The van der Waals surface area contributed by atoms with E-state index in [-0.39, 0.29) is 23.0 Å². The van der Waals surface area contributed by atoms with Gasteiger partial charge >= 0.3 is 0 Å². The standard InChI is InChI=1S/C30H36FN3O5S/c1-6-27(29(36)32-30(2,3)4)33(20-22-10-8-7-9-11-22)28(35)21-34(24-14-12-23(31)13-15-24)40(37,38)26-18-16-25(39-5)17-19-26/h7-19,27H,6,20-21H2,1-5H3,(H,32,36)/t27-/m0/s1. The Morgan fingerprint density at radius 2 is 1.55 bits per heavy atom. The fourth-order valence-electron chi connectivity index (χ4n) is 4.16. The van der Waals surface area contributed by atoms with Crippen LogP contribution in [0.1, 0.15) is 39.7 Å². The van der Waals surface area contributed by atoms with Crippen molar-refractivity contribution in [3.05, 3.63) is 90.2 Å². The average Bonchev–Trinajstić information content (AvgIpc) is 2.91. The van der Waals surface area contributed by atoms with E-state index in [1.807, 2.05) is 51.1 Å². The van der Waals surface area contributed by atoms with Gasteiger partial charge in [0.05, 0.1) is 17.7 Å². The molecule has 3 aromatic carbocycles. The molecule has 214 valence electrons. The molecule has 0 aliphatic rings. The number of hydrogen-bond donors (Lipinski definition) is 1. The molecule has 0 spiro atoms. The lowest BCUT2D eigenvalue weighted by atomic mass is 10.1. The van der Waals surface area contributed by atoms with Gasteiger partial charge in [-0.3, -0.25) is 13.9 Å². The molecule has 0 heterocycles. The van der Waals surface area contributed by atoms with Gasteiger partial charge in [0.2, 0.25) is 11.8 Å². The van der Waals surface area contributed by atoms with Gasteiger partial charge in [0.1, 0.15) is 24.2 Å². The van der Waals surface area contributed by atoms with E-state index < -0.39 is 39.9 Å². The predicted molar refractivity (Wildman–Crippen MR) is 153 cm³/mol. The zero-order chi connectivity index (χ0) is 29.5. The molecule has 2 amide bonds. The summed E-state index contributed by atoms with van der Waals surface area (Å²) in [7, 11) is -2.80. The Kier molecular flexibility index (Phi) is 9.92. The van der Waals surface area contributed by atoms with Crippen molar-refractivity contribution in [3.63, 3.8) is 0 Å². The van der Waals surface area contributed by atoms with Gasteiger partial charge in [0, 0.05) is 12.1 Å². The van der Waals surface area contributed by atoms with Crippen molar-refractivity contribution in [2.45, 2.75) is 57.1 Å². The number of methoxy groups -OCH3 is 1. The Morgan fingerprint density at radius 3 is 2.08 bits per heavy atom. The van der Waals surface area contributed by atoms with Gasteiger partial charge in [-0.15, -0.1) is 0 Å². The summed E-state index contributed by atoms with van der Waals surface area (Å²) < 4.78 is 47.5. The molecule has 0 saturated carbocycles.